The van der Waals surface area contributed by atoms with Crippen LogP contribution in [0.15, 0.2) is 135 Å². The lowest BCUT2D eigenvalue weighted by molar-refractivity contribution is 0.668. The van der Waals surface area contributed by atoms with Gasteiger partial charge in [-0.3, -0.25) is 0 Å². The Bertz CT molecular complexity index is 2400. The fraction of sp³-hybridized carbons (Fsp3) is 0. The molecule has 0 saturated carbocycles. The van der Waals surface area contributed by atoms with E-state index < -0.39 is 0 Å². The van der Waals surface area contributed by atoms with E-state index in [1.165, 1.54) is 0 Å². The Morgan fingerprint density at radius 1 is 0.333 bits per heavy atom. The summed E-state index contributed by atoms with van der Waals surface area (Å²) < 4.78 is 18.9. The quantitative estimate of drug-likeness (QED) is 0.237. The number of hydrogen-bond acceptors (Lipinski definition) is 3. The summed E-state index contributed by atoms with van der Waals surface area (Å²) in [5.41, 5.74) is 9.78. The molecule has 0 aliphatic heterocycles. The summed E-state index contributed by atoms with van der Waals surface area (Å²) in [5.74, 6) is 0. The van der Waals surface area contributed by atoms with Crippen LogP contribution in [0.5, 0.6) is 0 Å². The average molecular weight is 501 g/mol. The predicted molar refractivity (Wildman–Crippen MR) is 159 cm³/mol. The standard InChI is InChI=1S/C36H20O3/c1-3-14-29-26(8-1)34-22(10-6-16-32(34)37-29)21-18-19-31-28(20-21)25-13-5-12-24(36(25)39-31)23-11-7-17-33-35(23)27-9-2-4-15-30(27)38-33/h1-20H. The Balaban J connectivity index is 1.30. The molecule has 3 heterocycles. The first kappa shape index (κ1) is 20.7. The fourth-order valence-corrected chi connectivity index (χ4v) is 6.19. The molecule has 0 aliphatic rings. The molecule has 0 saturated heterocycles. The molecule has 3 nitrogen and oxygen atoms in total. The molecule has 0 atom stereocenters. The van der Waals surface area contributed by atoms with E-state index in [0.29, 0.717) is 0 Å². The number of benzene rings is 6. The molecule has 6 aromatic carbocycles. The number of hydrogen-bond donors (Lipinski definition) is 0. The van der Waals surface area contributed by atoms with E-state index in [-0.39, 0.29) is 0 Å². The zero-order chi connectivity index (χ0) is 25.5. The van der Waals surface area contributed by atoms with E-state index in [0.717, 1.165) is 88.1 Å². The van der Waals surface area contributed by atoms with E-state index in [4.69, 9.17) is 13.3 Å². The molecule has 9 aromatic rings. The SMILES string of the molecule is c1ccc2c(c1)oc1cccc(-c3ccc4oc5c(-c6cccc7oc8ccccc8c67)cccc5c4c3)c12. The third-order valence-corrected chi connectivity index (χ3v) is 7.90. The third kappa shape index (κ3) is 2.87. The second-order valence-corrected chi connectivity index (χ2v) is 10.0. The van der Waals surface area contributed by atoms with E-state index in [1.807, 2.05) is 36.4 Å². The zero-order valence-electron chi connectivity index (χ0n) is 20.8. The molecular weight excluding hydrogens is 480 g/mol. The highest BCUT2D eigenvalue weighted by molar-refractivity contribution is 6.18. The van der Waals surface area contributed by atoms with Crippen molar-refractivity contribution in [2.24, 2.45) is 0 Å². The lowest BCUT2D eigenvalue weighted by Gasteiger charge is -2.05. The molecule has 0 unspecified atom stereocenters. The van der Waals surface area contributed by atoms with Crippen LogP contribution in [0.4, 0.5) is 0 Å². The second kappa shape index (κ2) is 7.62. The van der Waals surface area contributed by atoms with Gasteiger partial charge < -0.3 is 13.3 Å². The van der Waals surface area contributed by atoms with Crippen molar-refractivity contribution in [2.45, 2.75) is 0 Å². The summed E-state index contributed by atoms with van der Waals surface area (Å²) in [6.45, 7) is 0. The summed E-state index contributed by atoms with van der Waals surface area (Å²) in [4.78, 5) is 0. The Labute approximate surface area is 222 Å². The van der Waals surface area contributed by atoms with Crippen molar-refractivity contribution < 1.29 is 13.3 Å². The average Bonchev–Trinajstić information content (AvgIpc) is 3.67. The van der Waals surface area contributed by atoms with Gasteiger partial charge in [-0.05, 0) is 53.1 Å². The van der Waals surface area contributed by atoms with Gasteiger partial charge in [0.1, 0.15) is 33.5 Å². The van der Waals surface area contributed by atoms with Crippen molar-refractivity contribution in [3.05, 3.63) is 121 Å². The minimum Gasteiger partial charge on any atom is -0.456 e. The van der Waals surface area contributed by atoms with Gasteiger partial charge in [0, 0.05) is 37.9 Å². The van der Waals surface area contributed by atoms with Gasteiger partial charge in [0.2, 0.25) is 0 Å². The largest absolute Gasteiger partial charge is 0.456 e. The van der Waals surface area contributed by atoms with Crippen LogP contribution in [0.3, 0.4) is 0 Å². The van der Waals surface area contributed by atoms with E-state index in [2.05, 4.69) is 84.9 Å². The maximum absolute atomic E-state index is 6.56. The van der Waals surface area contributed by atoms with Gasteiger partial charge in [0.15, 0.2) is 0 Å². The van der Waals surface area contributed by atoms with Crippen LogP contribution in [0.25, 0.3) is 88.1 Å². The minimum atomic E-state index is 0.870. The Morgan fingerprint density at radius 2 is 0.872 bits per heavy atom. The highest BCUT2D eigenvalue weighted by atomic mass is 16.3. The number of furan rings is 3. The maximum atomic E-state index is 6.56. The highest BCUT2D eigenvalue weighted by Crippen LogP contribution is 2.43. The Morgan fingerprint density at radius 3 is 1.62 bits per heavy atom. The van der Waals surface area contributed by atoms with Crippen LogP contribution in [-0.4, -0.2) is 0 Å². The highest BCUT2D eigenvalue weighted by Gasteiger charge is 2.18. The van der Waals surface area contributed by atoms with E-state index in [1.54, 1.807) is 0 Å². The van der Waals surface area contributed by atoms with Gasteiger partial charge in [-0.15, -0.1) is 0 Å². The Hall–Kier alpha value is -5.28. The lowest BCUT2D eigenvalue weighted by atomic mass is 9.96. The zero-order valence-corrected chi connectivity index (χ0v) is 20.8. The number of fused-ring (bicyclic) bond motifs is 9. The minimum absolute atomic E-state index is 0.870. The second-order valence-electron chi connectivity index (χ2n) is 10.0. The van der Waals surface area contributed by atoms with Crippen LogP contribution in [0, 0.1) is 0 Å². The summed E-state index contributed by atoms with van der Waals surface area (Å²) in [6, 6.07) is 41.8. The molecule has 3 aromatic heterocycles. The molecule has 182 valence electrons. The molecule has 3 heteroatoms. The van der Waals surface area contributed by atoms with Gasteiger partial charge in [-0.25, -0.2) is 0 Å². The lowest BCUT2D eigenvalue weighted by Crippen LogP contribution is -1.81. The van der Waals surface area contributed by atoms with Crippen LogP contribution in [0.2, 0.25) is 0 Å². The van der Waals surface area contributed by atoms with Crippen LogP contribution in [-0.2, 0) is 0 Å². The van der Waals surface area contributed by atoms with E-state index in [9.17, 15) is 0 Å². The third-order valence-electron chi connectivity index (χ3n) is 7.90. The van der Waals surface area contributed by atoms with Crippen molar-refractivity contribution in [3.8, 4) is 22.3 Å². The van der Waals surface area contributed by atoms with Crippen LogP contribution in [0.1, 0.15) is 0 Å². The van der Waals surface area contributed by atoms with Gasteiger partial charge in [-0.1, -0.05) is 84.9 Å². The predicted octanol–water partition coefficient (Wildman–Crippen LogP) is 10.7. The molecule has 0 N–H and O–H groups in total. The summed E-state index contributed by atoms with van der Waals surface area (Å²) in [7, 11) is 0. The molecule has 0 aliphatic carbocycles. The summed E-state index contributed by atoms with van der Waals surface area (Å²) in [6.07, 6.45) is 0. The van der Waals surface area contributed by atoms with Crippen molar-refractivity contribution >= 4 is 65.8 Å². The molecular formula is C36H20O3. The molecule has 0 bridgehead atoms. The first-order valence-corrected chi connectivity index (χ1v) is 13.1. The monoisotopic (exact) mass is 500 g/mol. The van der Waals surface area contributed by atoms with Crippen LogP contribution >= 0.6 is 0 Å². The maximum Gasteiger partial charge on any atom is 0.143 e. The topological polar surface area (TPSA) is 39.4 Å². The molecule has 0 radical (unpaired) electrons. The first-order valence-electron chi connectivity index (χ1n) is 13.1. The van der Waals surface area contributed by atoms with E-state index >= 15 is 0 Å². The van der Waals surface area contributed by atoms with Gasteiger partial charge >= 0.3 is 0 Å². The molecule has 0 spiro atoms. The molecule has 0 fully saturated rings. The van der Waals surface area contributed by atoms with Gasteiger partial charge in [0.05, 0.1) is 0 Å². The van der Waals surface area contributed by atoms with Crippen molar-refractivity contribution in [1.29, 1.82) is 0 Å². The normalized spacial score (nSPS) is 12.1. The molecule has 39 heavy (non-hydrogen) atoms. The van der Waals surface area contributed by atoms with Gasteiger partial charge in [-0.2, -0.15) is 0 Å². The fourth-order valence-electron chi connectivity index (χ4n) is 6.19. The number of para-hydroxylation sites is 3. The van der Waals surface area contributed by atoms with Crippen molar-refractivity contribution in [2.75, 3.05) is 0 Å². The summed E-state index contributed by atoms with van der Waals surface area (Å²) in [5, 5.41) is 6.68. The van der Waals surface area contributed by atoms with Crippen LogP contribution < -0.4 is 0 Å². The van der Waals surface area contributed by atoms with Gasteiger partial charge in [0.25, 0.3) is 0 Å². The molecule has 0 amide bonds. The first-order chi connectivity index (χ1) is 19.3. The summed E-state index contributed by atoms with van der Waals surface area (Å²) >= 11 is 0. The van der Waals surface area contributed by atoms with Crippen molar-refractivity contribution in [3.63, 3.8) is 0 Å². The Kier molecular flexibility index (Phi) is 4.05. The smallest absolute Gasteiger partial charge is 0.143 e. The number of rotatable bonds is 2. The molecule has 9 rings (SSSR count). The van der Waals surface area contributed by atoms with Crippen molar-refractivity contribution in [1.82, 2.24) is 0 Å².